The quantitative estimate of drug-likeness (QED) is 0.569. The van der Waals surface area contributed by atoms with Gasteiger partial charge in [0.05, 0.1) is 0 Å². The molecule has 1 aromatic rings. The Morgan fingerprint density at radius 2 is 1.87 bits per heavy atom. The van der Waals surface area contributed by atoms with Crippen LogP contribution in [0.5, 0.6) is 0 Å². The number of carbonyl (C=O) groups excluding carboxylic acids is 1. The highest BCUT2D eigenvalue weighted by Crippen LogP contribution is 2.24. The highest BCUT2D eigenvalue weighted by Gasteiger charge is 2.28. The molecule has 1 aliphatic rings. The van der Waals surface area contributed by atoms with E-state index in [1.165, 1.54) is 11.1 Å². The van der Waals surface area contributed by atoms with Gasteiger partial charge in [-0.2, -0.15) is 0 Å². The van der Waals surface area contributed by atoms with Crippen LogP contribution in [0, 0.1) is 0 Å². The SMILES string of the molecule is CCCCCCC(NC(=O)O)C(=O)OC1Cc2ccccc2C1. The standard InChI is InChI=1S/C18H25NO4/c1-2-3-4-5-10-16(19-18(21)22)17(20)23-15-11-13-8-6-7-9-14(13)12-15/h6-9,15-16,19H,2-5,10-12H2,1H3,(H,21,22). The van der Waals surface area contributed by atoms with Crippen LogP contribution in [0.15, 0.2) is 24.3 Å². The molecule has 126 valence electrons. The maximum Gasteiger partial charge on any atom is 0.405 e. The fourth-order valence-corrected chi connectivity index (χ4v) is 3.02. The van der Waals surface area contributed by atoms with E-state index < -0.39 is 18.1 Å². The van der Waals surface area contributed by atoms with Gasteiger partial charge in [0.2, 0.25) is 0 Å². The average Bonchev–Trinajstić information content (AvgIpc) is 2.92. The summed E-state index contributed by atoms with van der Waals surface area (Å²) in [5.74, 6) is -0.457. The van der Waals surface area contributed by atoms with Crippen LogP contribution in [-0.2, 0) is 22.4 Å². The smallest absolute Gasteiger partial charge is 0.405 e. The van der Waals surface area contributed by atoms with E-state index in [0.717, 1.165) is 25.7 Å². The van der Waals surface area contributed by atoms with Crippen molar-refractivity contribution in [2.45, 2.75) is 64.0 Å². The van der Waals surface area contributed by atoms with Crippen LogP contribution < -0.4 is 5.32 Å². The minimum absolute atomic E-state index is 0.186. The monoisotopic (exact) mass is 319 g/mol. The Hall–Kier alpha value is -2.04. The molecule has 0 saturated carbocycles. The number of carboxylic acid groups (broad SMARTS) is 1. The predicted octanol–water partition coefficient (Wildman–Crippen LogP) is 3.30. The molecule has 0 saturated heterocycles. The van der Waals surface area contributed by atoms with Crippen LogP contribution in [0.2, 0.25) is 0 Å². The van der Waals surface area contributed by atoms with Gasteiger partial charge in [-0.3, -0.25) is 0 Å². The molecule has 0 aromatic heterocycles. The summed E-state index contributed by atoms with van der Waals surface area (Å²) in [5.41, 5.74) is 2.41. The zero-order valence-electron chi connectivity index (χ0n) is 13.6. The number of carbonyl (C=O) groups is 2. The molecule has 5 heteroatoms. The number of ether oxygens (including phenoxy) is 1. The van der Waals surface area contributed by atoms with Crippen LogP contribution in [0.25, 0.3) is 0 Å². The van der Waals surface area contributed by atoms with Gasteiger partial charge in [-0.05, 0) is 17.5 Å². The second-order valence-corrected chi connectivity index (χ2v) is 6.09. The summed E-state index contributed by atoms with van der Waals surface area (Å²) in [6.07, 6.45) is 4.54. The zero-order chi connectivity index (χ0) is 16.7. The van der Waals surface area contributed by atoms with Gasteiger partial charge in [0, 0.05) is 12.8 Å². The van der Waals surface area contributed by atoms with E-state index in [2.05, 4.69) is 12.2 Å². The summed E-state index contributed by atoms with van der Waals surface area (Å²) in [4.78, 5) is 23.2. The van der Waals surface area contributed by atoms with Gasteiger partial charge < -0.3 is 15.2 Å². The van der Waals surface area contributed by atoms with Crippen molar-refractivity contribution in [3.8, 4) is 0 Å². The number of unbranched alkanes of at least 4 members (excludes halogenated alkanes) is 3. The van der Waals surface area contributed by atoms with Gasteiger partial charge in [0.25, 0.3) is 0 Å². The first-order valence-electron chi connectivity index (χ1n) is 8.37. The second kappa shape index (κ2) is 8.56. The van der Waals surface area contributed by atoms with E-state index in [-0.39, 0.29) is 6.10 Å². The molecule has 0 fully saturated rings. The van der Waals surface area contributed by atoms with E-state index >= 15 is 0 Å². The summed E-state index contributed by atoms with van der Waals surface area (Å²) in [7, 11) is 0. The van der Waals surface area contributed by atoms with E-state index in [9.17, 15) is 9.59 Å². The molecule has 2 rings (SSSR count). The van der Waals surface area contributed by atoms with Crippen molar-refractivity contribution < 1.29 is 19.4 Å². The van der Waals surface area contributed by atoms with Gasteiger partial charge in [-0.25, -0.2) is 9.59 Å². The lowest BCUT2D eigenvalue weighted by Gasteiger charge is -2.19. The fraction of sp³-hybridized carbons (Fsp3) is 0.556. The van der Waals surface area contributed by atoms with Crippen molar-refractivity contribution in [1.82, 2.24) is 5.32 Å². The minimum Gasteiger partial charge on any atom is -0.465 e. The minimum atomic E-state index is -1.18. The highest BCUT2D eigenvalue weighted by molar-refractivity contribution is 5.80. The van der Waals surface area contributed by atoms with E-state index in [1.54, 1.807) is 0 Å². The Bertz CT molecular complexity index is 519. The number of hydrogen-bond donors (Lipinski definition) is 2. The third-order valence-electron chi connectivity index (χ3n) is 4.22. The topological polar surface area (TPSA) is 75.6 Å². The number of hydrogen-bond acceptors (Lipinski definition) is 3. The molecule has 0 aliphatic heterocycles. The molecule has 1 aromatic carbocycles. The van der Waals surface area contributed by atoms with Gasteiger partial charge in [0.15, 0.2) is 0 Å². The zero-order valence-corrected chi connectivity index (χ0v) is 13.6. The lowest BCUT2D eigenvalue weighted by Crippen LogP contribution is -2.42. The molecule has 1 unspecified atom stereocenters. The molecular formula is C18H25NO4. The summed E-state index contributed by atoms with van der Waals surface area (Å²) < 4.78 is 5.55. The molecule has 1 aliphatic carbocycles. The molecule has 0 radical (unpaired) electrons. The van der Waals surface area contributed by atoms with Crippen LogP contribution in [0.4, 0.5) is 4.79 Å². The lowest BCUT2D eigenvalue weighted by molar-refractivity contribution is -0.151. The highest BCUT2D eigenvalue weighted by atomic mass is 16.5. The summed E-state index contributed by atoms with van der Waals surface area (Å²) in [5, 5.41) is 11.2. The normalized spacial score (nSPS) is 15.0. The Kier molecular flexibility index (Phi) is 6.44. The van der Waals surface area contributed by atoms with Gasteiger partial charge in [-0.1, -0.05) is 56.9 Å². The summed E-state index contributed by atoms with van der Waals surface area (Å²) >= 11 is 0. The molecule has 0 spiro atoms. The first kappa shape index (κ1) is 17.3. The van der Waals surface area contributed by atoms with Crippen molar-refractivity contribution in [3.63, 3.8) is 0 Å². The Balaban J connectivity index is 1.86. The fourth-order valence-electron chi connectivity index (χ4n) is 3.02. The van der Waals surface area contributed by atoms with Crippen molar-refractivity contribution in [2.75, 3.05) is 0 Å². The van der Waals surface area contributed by atoms with Crippen LogP contribution in [0.1, 0.15) is 50.2 Å². The molecule has 5 nitrogen and oxygen atoms in total. The molecule has 2 N–H and O–H groups in total. The summed E-state index contributed by atoms with van der Waals surface area (Å²) in [6.45, 7) is 2.11. The molecule has 0 heterocycles. The molecular weight excluding hydrogens is 294 g/mol. The summed E-state index contributed by atoms with van der Waals surface area (Å²) in [6, 6.07) is 7.27. The lowest BCUT2D eigenvalue weighted by atomic mass is 10.1. The number of benzene rings is 1. The maximum absolute atomic E-state index is 12.3. The second-order valence-electron chi connectivity index (χ2n) is 6.09. The Morgan fingerprint density at radius 3 is 2.43 bits per heavy atom. The van der Waals surface area contributed by atoms with E-state index in [1.807, 2.05) is 24.3 Å². The number of esters is 1. The Morgan fingerprint density at radius 1 is 1.22 bits per heavy atom. The Labute approximate surface area is 137 Å². The van der Waals surface area contributed by atoms with Gasteiger partial charge in [0.1, 0.15) is 12.1 Å². The van der Waals surface area contributed by atoms with Crippen molar-refractivity contribution in [1.29, 1.82) is 0 Å². The number of rotatable bonds is 8. The largest absolute Gasteiger partial charge is 0.465 e. The third kappa shape index (κ3) is 5.27. The van der Waals surface area contributed by atoms with Crippen LogP contribution in [0.3, 0.4) is 0 Å². The van der Waals surface area contributed by atoms with Crippen LogP contribution >= 0.6 is 0 Å². The average molecular weight is 319 g/mol. The first-order chi connectivity index (χ1) is 11.1. The van der Waals surface area contributed by atoms with Gasteiger partial charge in [-0.15, -0.1) is 0 Å². The van der Waals surface area contributed by atoms with Crippen LogP contribution in [-0.4, -0.2) is 29.3 Å². The molecule has 1 amide bonds. The maximum atomic E-state index is 12.3. The van der Waals surface area contributed by atoms with Crippen molar-refractivity contribution in [3.05, 3.63) is 35.4 Å². The molecule has 23 heavy (non-hydrogen) atoms. The predicted molar refractivity (Wildman–Crippen MR) is 87.4 cm³/mol. The molecule has 0 bridgehead atoms. The number of fused-ring (bicyclic) bond motifs is 1. The first-order valence-corrected chi connectivity index (χ1v) is 8.37. The number of amides is 1. The van der Waals surface area contributed by atoms with Crippen molar-refractivity contribution >= 4 is 12.1 Å². The number of nitrogens with one attached hydrogen (secondary N) is 1. The van der Waals surface area contributed by atoms with E-state index in [4.69, 9.17) is 9.84 Å². The van der Waals surface area contributed by atoms with Gasteiger partial charge >= 0.3 is 12.1 Å². The third-order valence-corrected chi connectivity index (χ3v) is 4.22. The van der Waals surface area contributed by atoms with E-state index in [0.29, 0.717) is 19.3 Å². The van der Waals surface area contributed by atoms with Crippen molar-refractivity contribution in [2.24, 2.45) is 0 Å². The molecule has 1 atom stereocenters.